The van der Waals surface area contributed by atoms with Crippen molar-refractivity contribution in [2.24, 2.45) is 5.92 Å². The monoisotopic (exact) mass is 290 g/mol. The highest BCUT2D eigenvalue weighted by atomic mass is 16.5. The van der Waals surface area contributed by atoms with Crippen LogP contribution in [0.1, 0.15) is 38.8 Å². The highest BCUT2D eigenvalue weighted by Gasteiger charge is 2.32. The van der Waals surface area contributed by atoms with Gasteiger partial charge in [-0.3, -0.25) is 4.90 Å². The summed E-state index contributed by atoms with van der Waals surface area (Å²) < 4.78 is 5.49. The van der Waals surface area contributed by atoms with Gasteiger partial charge in [-0.05, 0) is 18.4 Å². The van der Waals surface area contributed by atoms with E-state index < -0.39 is 0 Å². The number of hydrogen-bond acceptors (Lipinski definition) is 3. The smallest absolute Gasteiger partial charge is 0.0670 e. The molecule has 0 spiro atoms. The molecule has 1 aliphatic heterocycles. The van der Waals surface area contributed by atoms with E-state index >= 15 is 0 Å². The number of methoxy groups -OCH3 is 1. The molecule has 3 nitrogen and oxygen atoms in total. The second-order valence-electron chi connectivity index (χ2n) is 6.32. The van der Waals surface area contributed by atoms with Gasteiger partial charge in [-0.2, -0.15) is 0 Å². The summed E-state index contributed by atoms with van der Waals surface area (Å²) in [7, 11) is 1.81. The van der Waals surface area contributed by atoms with Crippen molar-refractivity contribution >= 4 is 0 Å². The van der Waals surface area contributed by atoms with Crippen molar-refractivity contribution in [2.75, 3.05) is 26.7 Å². The Balaban J connectivity index is 2.08. The lowest BCUT2D eigenvalue weighted by molar-refractivity contribution is 0.0250. The van der Waals surface area contributed by atoms with Crippen molar-refractivity contribution in [1.29, 1.82) is 0 Å². The van der Waals surface area contributed by atoms with Crippen LogP contribution < -0.4 is 5.32 Å². The van der Waals surface area contributed by atoms with Gasteiger partial charge >= 0.3 is 0 Å². The molecule has 3 heteroatoms. The molecule has 0 bridgehead atoms. The van der Waals surface area contributed by atoms with E-state index in [1.165, 1.54) is 12.0 Å². The average Bonchev–Trinajstić information content (AvgIpc) is 2.54. The van der Waals surface area contributed by atoms with E-state index in [1.54, 1.807) is 7.11 Å². The van der Waals surface area contributed by atoms with Gasteiger partial charge in [0.05, 0.1) is 6.10 Å². The van der Waals surface area contributed by atoms with Crippen molar-refractivity contribution in [3.8, 4) is 0 Å². The zero-order chi connectivity index (χ0) is 15.2. The summed E-state index contributed by atoms with van der Waals surface area (Å²) in [5.41, 5.74) is 1.38. The van der Waals surface area contributed by atoms with Gasteiger partial charge in [-0.1, -0.05) is 50.6 Å². The normalized spacial score (nSPS) is 26.5. The molecule has 1 aromatic rings. The molecule has 1 aromatic carbocycles. The van der Waals surface area contributed by atoms with Gasteiger partial charge in [0.15, 0.2) is 0 Å². The topological polar surface area (TPSA) is 24.5 Å². The first-order valence-electron chi connectivity index (χ1n) is 8.20. The Labute approximate surface area is 129 Å². The van der Waals surface area contributed by atoms with E-state index in [-0.39, 0.29) is 6.10 Å². The molecule has 1 N–H and O–H groups in total. The number of hydrogen-bond donors (Lipinski definition) is 1. The minimum absolute atomic E-state index is 0.283. The van der Waals surface area contributed by atoms with Crippen LogP contribution in [-0.2, 0) is 4.74 Å². The Bertz CT molecular complexity index is 409. The van der Waals surface area contributed by atoms with Crippen molar-refractivity contribution in [2.45, 2.75) is 45.4 Å². The molecule has 1 saturated heterocycles. The van der Waals surface area contributed by atoms with Crippen LogP contribution in [0.3, 0.4) is 0 Å². The molecule has 0 saturated carbocycles. The van der Waals surface area contributed by atoms with E-state index in [9.17, 15) is 0 Å². The van der Waals surface area contributed by atoms with Gasteiger partial charge in [0.25, 0.3) is 0 Å². The van der Waals surface area contributed by atoms with E-state index in [0.29, 0.717) is 18.0 Å². The van der Waals surface area contributed by atoms with Gasteiger partial charge in [-0.25, -0.2) is 0 Å². The van der Waals surface area contributed by atoms with Crippen LogP contribution in [0.4, 0.5) is 0 Å². The van der Waals surface area contributed by atoms with Crippen LogP contribution >= 0.6 is 0 Å². The van der Waals surface area contributed by atoms with Gasteiger partial charge in [-0.15, -0.1) is 0 Å². The third kappa shape index (κ3) is 4.29. The lowest BCUT2D eigenvalue weighted by atomic mass is 9.92. The molecule has 0 aliphatic carbocycles. The van der Waals surface area contributed by atoms with E-state index in [2.05, 4.69) is 61.3 Å². The van der Waals surface area contributed by atoms with Gasteiger partial charge in [0.1, 0.15) is 0 Å². The largest absolute Gasteiger partial charge is 0.380 e. The van der Waals surface area contributed by atoms with Crippen molar-refractivity contribution < 1.29 is 4.74 Å². The number of piperazine rings is 1. The Morgan fingerprint density at radius 3 is 2.62 bits per heavy atom. The van der Waals surface area contributed by atoms with Gasteiger partial charge in [0.2, 0.25) is 0 Å². The number of ether oxygens (including phenoxy) is 1. The quantitative estimate of drug-likeness (QED) is 0.871. The summed E-state index contributed by atoms with van der Waals surface area (Å²) in [6, 6.07) is 11.8. The van der Waals surface area contributed by atoms with Crippen molar-refractivity contribution in [3.63, 3.8) is 0 Å². The summed E-state index contributed by atoms with van der Waals surface area (Å²) in [6.45, 7) is 9.94. The van der Waals surface area contributed by atoms with Crippen molar-refractivity contribution in [1.82, 2.24) is 10.2 Å². The molecule has 1 aliphatic rings. The third-order valence-corrected chi connectivity index (χ3v) is 4.86. The van der Waals surface area contributed by atoms with E-state index in [4.69, 9.17) is 4.74 Å². The van der Waals surface area contributed by atoms with Crippen LogP contribution in [0.15, 0.2) is 30.3 Å². The van der Waals surface area contributed by atoms with Crippen LogP contribution in [0, 0.1) is 5.92 Å². The average molecular weight is 290 g/mol. The first-order chi connectivity index (χ1) is 10.2. The summed E-state index contributed by atoms with van der Waals surface area (Å²) in [5, 5.41) is 3.74. The zero-order valence-electron chi connectivity index (χ0n) is 13.9. The third-order valence-electron chi connectivity index (χ3n) is 4.86. The molecular weight excluding hydrogens is 260 g/mol. The highest BCUT2D eigenvalue weighted by molar-refractivity contribution is 5.20. The fraction of sp³-hybridized carbons (Fsp3) is 0.667. The van der Waals surface area contributed by atoms with E-state index in [1.807, 2.05) is 0 Å². The predicted octanol–water partition coefficient (Wildman–Crippen LogP) is 3.08. The molecular formula is C18H30N2O. The number of nitrogens with one attached hydrogen (secondary N) is 1. The van der Waals surface area contributed by atoms with Gasteiger partial charge < -0.3 is 10.1 Å². The number of nitrogens with zero attached hydrogens (tertiary/aromatic N) is 1. The molecule has 118 valence electrons. The maximum absolute atomic E-state index is 5.49. The Morgan fingerprint density at radius 1 is 1.29 bits per heavy atom. The predicted molar refractivity (Wildman–Crippen MR) is 88.5 cm³/mol. The van der Waals surface area contributed by atoms with Crippen LogP contribution in [0.2, 0.25) is 0 Å². The lowest BCUT2D eigenvalue weighted by Crippen LogP contribution is -2.56. The molecule has 0 aromatic heterocycles. The summed E-state index contributed by atoms with van der Waals surface area (Å²) in [5.74, 6) is 0.707. The van der Waals surface area contributed by atoms with Crippen LogP contribution in [0.25, 0.3) is 0 Å². The fourth-order valence-corrected chi connectivity index (χ4v) is 3.18. The number of benzene rings is 1. The minimum Gasteiger partial charge on any atom is -0.380 e. The molecule has 4 unspecified atom stereocenters. The summed E-state index contributed by atoms with van der Waals surface area (Å²) in [6.07, 6.45) is 1.51. The Hall–Kier alpha value is -0.900. The first kappa shape index (κ1) is 16.5. The lowest BCUT2D eigenvalue weighted by Gasteiger charge is -2.44. The molecule has 0 radical (unpaired) electrons. The molecule has 21 heavy (non-hydrogen) atoms. The molecule has 4 atom stereocenters. The Kier molecular flexibility index (Phi) is 6.22. The second-order valence-corrected chi connectivity index (χ2v) is 6.32. The summed E-state index contributed by atoms with van der Waals surface area (Å²) >= 11 is 0. The van der Waals surface area contributed by atoms with Crippen LogP contribution in [-0.4, -0.2) is 43.8 Å². The maximum Gasteiger partial charge on any atom is 0.0670 e. The SMILES string of the molecule is CCC(C)C1CNC(c2ccccc2)CN1CC(C)OC. The fourth-order valence-electron chi connectivity index (χ4n) is 3.18. The second kappa shape index (κ2) is 7.92. The van der Waals surface area contributed by atoms with Gasteiger partial charge in [0, 0.05) is 38.8 Å². The molecule has 0 amide bonds. The number of rotatable bonds is 6. The Morgan fingerprint density at radius 2 is 2.00 bits per heavy atom. The minimum atomic E-state index is 0.283. The molecule has 1 heterocycles. The van der Waals surface area contributed by atoms with Crippen molar-refractivity contribution in [3.05, 3.63) is 35.9 Å². The summed E-state index contributed by atoms with van der Waals surface area (Å²) in [4.78, 5) is 2.62. The zero-order valence-corrected chi connectivity index (χ0v) is 13.9. The van der Waals surface area contributed by atoms with Crippen LogP contribution in [0.5, 0.6) is 0 Å². The standard InChI is InChI=1S/C18H30N2O/c1-5-14(2)18-11-19-17(16-9-7-6-8-10-16)13-20(18)12-15(3)21-4/h6-10,14-15,17-19H,5,11-13H2,1-4H3. The molecule has 2 rings (SSSR count). The highest BCUT2D eigenvalue weighted by Crippen LogP contribution is 2.25. The maximum atomic E-state index is 5.49. The molecule has 1 fully saturated rings. The first-order valence-corrected chi connectivity index (χ1v) is 8.20. The van der Waals surface area contributed by atoms with E-state index in [0.717, 1.165) is 19.6 Å².